The largest absolute Gasteiger partial charge is 0.398 e. The summed E-state index contributed by atoms with van der Waals surface area (Å²) in [6, 6.07) is 5.58. The number of aromatic nitrogens is 3. The molecule has 3 rings (SSSR count). The van der Waals surface area contributed by atoms with Crippen LogP contribution in [0.15, 0.2) is 27.8 Å². The Kier molecular flexibility index (Phi) is 3.50. The number of nitrogens with two attached hydrogens (primary N) is 1. The Morgan fingerprint density at radius 3 is 2.81 bits per heavy atom. The molecule has 0 saturated heterocycles. The van der Waals surface area contributed by atoms with Gasteiger partial charge in [0.15, 0.2) is 4.60 Å². The van der Waals surface area contributed by atoms with Gasteiger partial charge in [-0.15, -0.1) is 5.10 Å². The minimum Gasteiger partial charge on any atom is -0.398 e. The standard InChI is InChI=1S/C12H14BrN5O2S/c1-17-12(11(13)15-16-17)21(19,20)18-6-5-9-8(7-18)3-2-4-10(9)14/h2-4H,5-7,14H2,1H3. The molecule has 0 atom stereocenters. The van der Waals surface area contributed by atoms with Crippen molar-refractivity contribution in [1.82, 2.24) is 19.3 Å². The molecule has 0 fully saturated rings. The Hall–Kier alpha value is -1.45. The van der Waals surface area contributed by atoms with E-state index in [1.165, 1.54) is 8.99 Å². The van der Waals surface area contributed by atoms with E-state index < -0.39 is 10.0 Å². The number of rotatable bonds is 2. The summed E-state index contributed by atoms with van der Waals surface area (Å²) < 4.78 is 28.4. The summed E-state index contributed by atoms with van der Waals surface area (Å²) in [6.07, 6.45) is 0.601. The van der Waals surface area contributed by atoms with Gasteiger partial charge in [0.05, 0.1) is 0 Å². The van der Waals surface area contributed by atoms with Crippen LogP contribution in [-0.2, 0) is 30.0 Å². The molecule has 9 heteroatoms. The van der Waals surface area contributed by atoms with Crippen molar-refractivity contribution in [2.24, 2.45) is 7.05 Å². The van der Waals surface area contributed by atoms with Crippen molar-refractivity contribution >= 4 is 31.6 Å². The van der Waals surface area contributed by atoms with Crippen LogP contribution >= 0.6 is 15.9 Å². The van der Waals surface area contributed by atoms with E-state index in [0.717, 1.165) is 11.1 Å². The molecule has 2 aromatic rings. The predicted octanol–water partition coefficient (Wildman–Crippen LogP) is 0.907. The van der Waals surface area contributed by atoms with Crippen molar-refractivity contribution in [3.05, 3.63) is 33.9 Å². The van der Waals surface area contributed by atoms with Crippen LogP contribution in [-0.4, -0.2) is 34.3 Å². The Bertz CT molecular complexity index is 782. The van der Waals surface area contributed by atoms with Crippen LogP contribution in [0.2, 0.25) is 0 Å². The lowest BCUT2D eigenvalue weighted by atomic mass is 9.99. The molecule has 112 valence electrons. The van der Waals surface area contributed by atoms with E-state index >= 15 is 0 Å². The van der Waals surface area contributed by atoms with Crippen LogP contribution < -0.4 is 5.73 Å². The first kappa shape index (κ1) is 14.5. The van der Waals surface area contributed by atoms with Crippen molar-refractivity contribution in [2.45, 2.75) is 18.0 Å². The molecule has 0 unspecified atom stereocenters. The SMILES string of the molecule is Cn1nnc(Br)c1S(=O)(=O)N1CCc2c(N)cccc2C1. The van der Waals surface area contributed by atoms with Gasteiger partial charge in [0, 0.05) is 25.8 Å². The summed E-state index contributed by atoms with van der Waals surface area (Å²) in [5.41, 5.74) is 8.63. The molecule has 1 aromatic carbocycles. The third-order valence-corrected chi connectivity index (χ3v) is 6.32. The number of halogens is 1. The Balaban J connectivity index is 2.00. The number of aryl methyl sites for hydroxylation is 1. The molecule has 1 aliphatic rings. The van der Waals surface area contributed by atoms with E-state index in [2.05, 4.69) is 26.2 Å². The van der Waals surface area contributed by atoms with E-state index in [4.69, 9.17) is 5.73 Å². The summed E-state index contributed by atoms with van der Waals surface area (Å²) in [5.74, 6) is 0. The summed E-state index contributed by atoms with van der Waals surface area (Å²) in [4.78, 5) is 0. The number of hydrogen-bond donors (Lipinski definition) is 1. The zero-order valence-electron chi connectivity index (χ0n) is 11.3. The lowest BCUT2D eigenvalue weighted by molar-refractivity contribution is 0.386. The van der Waals surface area contributed by atoms with Gasteiger partial charge in [-0.2, -0.15) is 4.31 Å². The van der Waals surface area contributed by atoms with Crippen molar-refractivity contribution in [3.63, 3.8) is 0 Å². The molecular formula is C12H14BrN5O2S. The molecule has 1 aliphatic heterocycles. The van der Waals surface area contributed by atoms with Crippen LogP contribution in [0.4, 0.5) is 5.69 Å². The monoisotopic (exact) mass is 371 g/mol. The lowest BCUT2D eigenvalue weighted by Gasteiger charge is -2.28. The fourth-order valence-corrected chi connectivity index (χ4v) is 4.99. The zero-order chi connectivity index (χ0) is 15.2. The van der Waals surface area contributed by atoms with Crippen molar-refractivity contribution in [2.75, 3.05) is 12.3 Å². The minimum absolute atomic E-state index is 0.0647. The highest BCUT2D eigenvalue weighted by atomic mass is 79.9. The number of nitrogen functional groups attached to an aromatic ring is 1. The van der Waals surface area contributed by atoms with E-state index in [9.17, 15) is 8.42 Å². The number of nitrogens with zero attached hydrogens (tertiary/aromatic N) is 4. The third kappa shape index (κ3) is 2.34. The second kappa shape index (κ2) is 5.08. The molecule has 0 saturated carbocycles. The highest BCUT2D eigenvalue weighted by Crippen LogP contribution is 2.29. The quantitative estimate of drug-likeness (QED) is 0.791. The molecule has 21 heavy (non-hydrogen) atoms. The van der Waals surface area contributed by atoms with Gasteiger partial charge in [-0.25, -0.2) is 13.1 Å². The number of benzene rings is 1. The first-order valence-corrected chi connectivity index (χ1v) is 8.56. The lowest BCUT2D eigenvalue weighted by Crippen LogP contribution is -2.37. The third-order valence-electron chi connectivity index (χ3n) is 3.59. The van der Waals surface area contributed by atoms with Gasteiger partial charge < -0.3 is 5.73 Å². The predicted molar refractivity (Wildman–Crippen MR) is 80.9 cm³/mol. The smallest absolute Gasteiger partial charge is 0.263 e. The minimum atomic E-state index is -3.65. The summed E-state index contributed by atoms with van der Waals surface area (Å²) in [6.45, 7) is 0.696. The average molecular weight is 372 g/mol. The number of fused-ring (bicyclic) bond motifs is 1. The fraction of sp³-hybridized carbons (Fsp3) is 0.333. The Morgan fingerprint density at radius 1 is 1.38 bits per heavy atom. The summed E-state index contributed by atoms with van der Waals surface area (Å²) >= 11 is 3.14. The molecule has 0 spiro atoms. The Morgan fingerprint density at radius 2 is 2.14 bits per heavy atom. The van der Waals surface area contributed by atoms with Crippen LogP contribution in [0.25, 0.3) is 0 Å². The van der Waals surface area contributed by atoms with E-state index in [1.54, 1.807) is 7.05 Å². The molecular weight excluding hydrogens is 358 g/mol. The van der Waals surface area contributed by atoms with Gasteiger partial charge in [0.25, 0.3) is 10.0 Å². The molecule has 0 bridgehead atoms. The van der Waals surface area contributed by atoms with Gasteiger partial charge in [-0.05, 0) is 39.5 Å². The fourth-order valence-electron chi connectivity index (χ4n) is 2.54. The van der Waals surface area contributed by atoms with Crippen LogP contribution in [0.3, 0.4) is 0 Å². The molecule has 7 nitrogen and oxygen atoms in total. The van der Waals surface area contributed by atoms with Crippen molar-refractivity contribution in [3.8, 4) is 0 Å². The van der Waals surface area contributed by atoms with Crippen LogP contribution in [0.1, 0.15) is 11.1 Å². The molecule has 0 radical (unpaired) electrons. The van der Waals surface area contributed by atoms with Gasteiger partial charge in [-0.1, -0.05) is 17.3 Å². The van der Waals surface area contributed by atoms with Gasteiger partial charge >= 0.3 is 0 Å². The van der Waals surface area contributed by atoms with Gasteiger partial charge in [-0.3, -0.25) is 0 Å². The molecule has 2 N–H and O–H groups in total. The molecule has 0 aliphatic carbocycles. The molecule has 1 aromatic heterocycles. The first-order valence-electron chi connectivity index (χ1n) is 6.33. The van der Waals surface area contributed by atoms with E-state index in [1.807, 2.05) is 18.2 Å². The molecule has 2 heterocycles. The topological polar surface area (TPSA) is 94.1 Å². The van der Waals surface area contributed by atoms with Crippen molar-refractivity contribution < 1.29 is 8.42 Å². The Labute approximate surface area is 130 Å². The van der Waals surface area contributed by atoms with E-state index in [0.29, 0.717) is 25.2 Å². The number of hydrogen-bond acceptors (Lipinski definition) is 5. The average Bonchev–Trinajstić information content (AvgIpc) is 2.78. The van der Waals surface area contributed by atoms with Crippen molar-refractivity contribution in [1.29, 1.82) is 0 Å². The van der Waals surface area contributed by atoms with Crippen LogP contribution in [0.5, 0.6) is 0 Å². The van der Waals surface area contributed by atoms with Gasteiger partial charge in [0.2, 0.25) is 5.03 Å². The highest BCUT2D eigenvalue weighted by molar-refractivity contribution is 9.10. The normalized spacial score (nSPS) is 15.9. The maximum absolute atomic E-state index is 12.7. The summed E-state index contributed by atoms with van der Waals surface area (Å²) in [7, 11) is -2.10. The highest BCUT2D eigenvalue weighted by Gasteiger charge is 2.33. The number of anilines is 1. The first-order chi connectivity index (χ1) is 9.91. The van der Waals surface area contributed by atoms with Crippen LogP contribution in [0, 0.1) is 0 Å². The van der Waals surface area contributed by atoms with E-state index in [-0.39, 0.29) is 9.63 Å². The maximum atomic E-state index is 12.7. The van der Waals surface area contributed by atoms with Gasteiger partial charge in [0.1, 0.15) is 0 Å². The number of sulfonamides is 1. The molecule has 0 amide bonds. The second-order valence-corrected chi connectivity index (χ2v) is 7.49. The zero-order valence-corrected chi connectivity index (χ0v) is 13.7. The maximum Gasteiger partial charge on any atom is 0.263 e. The second-order valence-electron chi connectivity index (χ2n) is 4.88. The summed E-state index contributed by atoms with van der Waals surface area (Å²) in [5, 5.41) is 7.53.